The molecule has 2 aromatic carbocycles. The van der Waals surface area contributed by atoms with Crippen molar-refractivity contribution in [3.8, 4) is 28.6 Å². The van der Waals surface area contributed by atoms with Gasteiger partial charge in [0.1, 0.15) is 12.7 Å². The number of hydrogen-bond acceptors (Lipinski definition) is 9. The average molecular weight is 407 g/mol. The molecular weight excluding hydrogens is 390 g/mol. The van der Waals surface area contributed by atoms with Crippen molar-refractivity contribution in [1.82, 2.24) is 24.9 Å². The Morgan fingerprint density at radius 2 is 1.87 bits per heavy atom. The largest absolute Gasteiger partial charge is 0.493 e. The van der Waals surface area contributed by atoms with Crippen LogP contribution in [0.25, 0.3) is 17.1 Å². The second-order valence-electron chi connectivity index (χ2n) is 6.04. The topological polar surface area (TPSA) is 114 Å². The normalized spacial score (nSPS) is 10.6. The zero-order chi connectivity index (χ0) is 20.9. The lowest BCUT2D eigenvalue weighted by Gasteiger charge is -2.07. The molecular formula is C20H17N5O5. The minimum atomic E-state index is -0.508. The Morgan fingerprint density at radius 3 is 2.57 bits per heavy atom. The van der Waals surface area contributed by atoms with Crippen LogP contribution in [0, 0.1) is 0 Å². The third-order valence-corrected chi connectivity index (χ3v) is 4.22. The quantitative estimate of drug-likeness (QED) is 0.426. The van der Waals surface area contributed by atoms with Crippen LogP contribution in [0.2, 0.25) is 0 Å². The van der Waals surface area contributed by atoms with Gasteiger partial charge in [0.15, 0.2) is 18.1 Å². The van der Waals surface area contributed by atoms with Gasteiger partial charge in [-0.05, 0) is 42.5 Å². The van der Waals surface area contributed by atoms with Crippen LogP contribution in [0.3, 0.4) is 0 Å². The fourth-order valence-electron chi connectivity index (χ4n) is 2.71. The third-order valence-electron chi connectivity index (χ3n) is 4.22. The van der Waals surface area contributed by atoms with E-state index < -0.39 is 5.97 Å². The summed E-state index contributed by atoms with van der Waals surface area (Å²) >= 11 is 0. The van der Waals surface area contributed by atoms with Crippen LogP contribution in [0.15, 0.2) is 59.6 Å². The molecule has 0 aliphatic carbocycles. The summed E-state index contributed by atoms with van der Waals surface area (Å²) in [5.41, 5.74) is 1.84. The molecule has 0 saturated heterocycles. The third kappa shape index (κ3) is 3.97. The van der Waals surface area contributed by atoms with Crippen molar-refractivity contribution in [3.63, 3.8) is 0 Å². The molecule has 0 unspecified atom stereocenters. The van der Waals surface area contributed by atoms with Gasteiger partial charge < -0.3 is 18.7 Å². The molecule has 0 N–H and O–H groups in total. The maximum absolute atomic E-state index is 12.3. The summed E-state index contributed by atoms with van der Waals surface area (Å²) in [6, 6.07) is 12.0. The van der Waals surface area contributed by atoms with E-state index in [1.165, 1.54) is 6.33 Å². The molecule has 0 radical (unpaired) electrons. The van der Waals surface area contributed by atoms with Gasteiger partial charge in [-0.1, -0.05) is 5.16 Å². The Kier molecular flexibility index (Phi) is 5.37. The van der Waals surface area contributed by atoms with E-state index in [0.29, 0.717) is 28.5 Å². The first kappa shape index (κ1) is 19.1. The van der Waals surface area contributed by atoms with Crippen molar-refractivity contribution in [2.45, 2.75) is 6.61 Å². The molecule has 0 aliphatic heterocycles. The number of rotatable bonds is 7. The number of methoxy groups -OCH3 is 2. The number of nitrogens with zero attached hydrogens (tertiary/aromatic N) is 5. The van der Waals surface area contributed by atoms with Crippen LogP contribution >= 0.6 is 0 Å². The SMILES string of the molecule is COc1ccc(-c2noc(COC(=O)c3ccc(-n4cncn4)cc3)n2)cc1OC. The van der Waals surface area contributed by atoms with Crippen LogP contribution in [-0.2, 0) is 11.3 Å². The molecule has 0 bridgehead atoms. The molecule has 4 rings (SSSR count). The maximum atomic E-state index is 12.3. The van der Waals surface area contributed by atoms with Gasteiger partial charge in [-0.25, -0.2) is 14.5 Å². The molecule has 10 heteroatoms. The molecule has 0 saturated carbocycles. The highest BCUT2D eigenvalue weighted by molar-refractivity contribution is 5.89. The van der Waals surface area contributed by atoms with Gasteiger partial charge >= 0.3 is 5.97 Å². The summed E-state index contributed by atoms with van der Waals surface area (Å²) in [5.74, 6) is 1.15. The van der Waals surface area contributed by atoms with E-state index in [-0.39, 0.29) is 12.5 Å². The van der Waals surface area contributed by atoms with Crippen molar-refractivity contribution in [2.75, 3.05) is 14.2 Å². The van der Waals surface area contributed by atoms with E-state index >= 15 is 0 Å². The van der Waals surface area contributed by atoms with Crippen LogP contribution in [0.5, 0.6) is 11.5 Å². The number of esters is 1. The minimum Gasteiger partial charge on any atom is -0.493 e. The zero-order valence-electron chi connectivity index (χ0n) is 16.2. The minimum absolute atomic E-state index is 0.149. The summed E-state index contributed by atoms with van der Waals surface area (Å²) in [6.07, 6.45) is 3.00. The molecule has 0 spiro atoms. The smallest absolute Gasteiger partial charge is 0.338 e. The highest BCUT2D eigenvalue weighted by Gasteiger charge is 2.14. The van der Waals surface area contributed by atoms with Gasteiger partial charge in [0, 0.05) is 5.56 Å². The van der Waals surface area contributed by atoms with Gasteiger partial charge in [-0.3, -0.25) is 0 Å². The van der Waals surface area contributed by atoms with Crippen molar-refractivity contribution >= 4 is 5.97 Å². The average Bonchev–Trinajstić information content (AvgIpc) is 3.49. The maximum Gasteiger partial charge on any atom is 0.338 e. The Balaban J connectivity index is 1.40. The molecule has 2 heterocycles. The van der Waals surface area contributed by atoms with E-state index in [1.54, 1.807) is 67.7 Å². The monoisotopic (exact) mass is 407 g/mol. The fraction of sp³-hybridized carbons (Fsp3) is 0.150. The van der Waals surface area contributed by atoms with Crippen LogP contribution < -0.4 is 9.47 Å². The number of carbonyl (C=O) groups excluding carboxylic acids is 1. The second-order valence-corrected chi connectivity index (χ2v) is 6.04. The Hall–Kier alpha value is -4.21. The fourth-order valence-corrected chi connectivity index (χ4v) is 2.71. The Labute approximate surface area is 171 Å². The molecule has 2 aromatic heterocycles. The van der Waals surface area contributed by atoms with Gasteiger partial charge in [0.2, 0.25) is 5.82 Å². The van der Waals surface area contributed by atoms with E-state index in [4.69, 9.17) is 18.7 Å². The molecule has 30 heavy (non-hydrogen) atoms. The van der Waals surface area contributed by atoms with Crippen LogP contribution in [0.4, 0.5) is 0 Å². The first-order chi connectivity index (χ1) is 14.7. The van der Waals surface area contributed by atoms with Crippen LogP contribution in [-0.4, -0.2) is 45.1 Å². The first-order valence-corrected chi connectivity index (χ1v) is 8.85. The molecule has 152 valence electrons. The predicted molar refractivity (Wildman–Crippen MR) is 103 cm³/mol. The Bertz CT molecular complexity index is 1140. The standard InChI is InChI=1S/C20H17N5O5/c1-27-16-8-5-14(9-17(16)28-2)19-23-18(30-24-19)10-29-20(26)13-3-6-15(7-4-13)25-12-21-11-22-25/h3-9,11-12H,10H2,1-2H3. The molecule has 0 amide bonds. The highest BCUT2D eigenvalue weighted by Crippen LogP contribution is 2.31. The van der Waals surface area contributed by atoms with Gasteiger partial charge in [0.05, 0.1) is 25.5 Å². The van der Waals surface area contributed by atoms with E-state index in [9.17, 15) is 4.79 Å². The van der Waals surface area contributed by atoms with Gasteiger partial charge in [0.25, 0.3) is 5.89 Å². The molecule has 4 aromatic rings. The number of ether oxygens (including phenoxy) is 3. The zero-order valence-corrected chi connectivity index (χ0v) is 16.2. The van der Waals surface area contributed by atoms with Crippen LogP contribution in [0.1, 0.15) is 16.2 Å². The molecule has 0 fully saturated rings. The number of benzene rings is 2. The molecule has 0 atom stereocenters. The predicted octanol–water partition coefficient (Wildman–Crippen LogP) is 2.69. The lowest BCUT2D eigenvalue weighted by molar-refractivity contribution is 0.0430. The van der Waals surface area contributed by atoms with Crippen molar-refractivity contribution in [3.05, 3.63) is 66.6 Å². The summed E-state index contributed by atoms with van der Waals surface area (Å²) in [6.45, 7) is -0.149. The lowest BCUT2D eigenvalue weighted by atomic mass is 10.2. The van der Waals surface area contributed by atoms with Crippen molar-refractivity contribution in [2.24, 2.45) is 0 Å². The first-order valence-electron chi connectivity index (χ1n) is 8.85. The number of aromatic nitrogens is 5. The van der Waals surface area contributed by atoms with E-state index in [0.717, 1.165) is 5.69 Å². The van der Waals surface area contributed by atoms with Crippen molar-refractivity contribution in [1.29, 1.82) is 0 Å². The molecule has 10 nitrogen and oxygen atoms in total. The number of hydrogen-bond donors (Lipinski definition) is 0. The van der Waals surface area contributed by atoms with Crippen molar-refractivity contribution < 1.29 is 23.5 Å². The summed E-state index contributed by atoms with van der Waals surface area (Å²) in [5, 5.41) is 7.95. The second kappa shape index (κ2) is 8.43. The summed E-state index contributed by atoms with van der Waals surface area (Å²) in [7, 11) is 3.10. The summed E-state index contributed by atoms with van der Waals surface area (Å²) in [4.78, 5) is 20.4. The molecule has 0 aliphatic rings. The number of carbonyl (C=O) groups is 1. The Morgan fingerprint density at radius 1 is 1.07 bits per heavy atom. The highest BCUT2D eigenvalue weighted by atomic mass is 16.6. The van der Waals surface area contributed by atoms with Gasteiger partial charge in [-0.15, -0.1) is 0 Å². The lowest BCUT2D eigenvalue weighted by Crippen LogP contribution is -2.06. The summed E-state index contributed by atoms with van der Waals surface area (Å²) < 4.78 is 22.5. The van der Waals surface area contributed by atoms with E-state index in [2.05, 4.69) is 20.2 Å². The van der Waals surface area contributed by atoms with Gasteiger partial charge in [-0.2, -0.15) is 10.1 Å². The van der Waals surface area contributed by atoms with E-state index in [1.807, 2.05) is 0 Å².